The topological polar surface area (TPSA) is 74.9 Å². The van der Waals surface area contributed by atoms with Gasteiger partial charge in [0.1, 0.15) is 5.75 Å². The Hall–Kier alpha value is -2.56. The molecule has 90 valence electrons. The highest BCUT2D eigenvalue weighted by molar-refractivity contribution is 5.62. The lowest BCUT2D eigenvalue weighted by Gasteiger charge is -2.00. The Labute approximate surface area is 103 Å². The van der Waals surface area contributed by atoms with Crippen LogP contribution in [0.25, 0.3) is 23.0 Å². The fourth-order valence-electron chi connectivity index (χ4n) is 1.80. The summed E-state index contributed by atoms with van der Waals surface area (Å²) in [5, 5.41) is 13.3. The highest BCUT2D eigenvalue weighted by atomic mass is 16.5. The summed E-state index contributed by atoms with van der Waals surface area (Å²) in [5.41, 5.74) is 2.51. The zero-order valence-electron chi connectivity index (χ0n) is 9.71. The van der Waals surface area contributed by atoms with Crippen LogP contribution < -0.4 is 0 Å². The number of aromatic hydroxyl groups is 1. The molecule has 5 nitrogen and oxygen atoms in total. The smallest absolute Gasteiger partial charge is 0.258 e. The van der Waals surface area contributed by atoms with E-state index in [4.69, 9.17) is 4.52 Å². The summed E-state index contributed by atoms with van der Waals surface area (Å²) in [6, 6.07) is 8.76. The second kappa shape index (κ2) is 4.03. The van der Waals surface area contributed by atoms with E-state index in [0.29, 0.717) is 11.7 Å². The molecule has 0 bridgehead atoms. The van der Waals surface area contributed by atoms with Gasteiger partial charge in [-0.3, -0.25) is 0 Å². The fraction of sp³-hybridized carbons (Fsp3) is 0.0769. The van der Waals surface area contributed by atoms with Crippen molar-refractivity contribution in [1.29, 1.82) is 0 Å². The molecule has 2 heterocycles. The van der Waals surface area contributed by atoms with E-state index in [1.807, 2.05) is 19.1 Å². The monoisotopic (exact) mass is 241 g/mol. The van der Waals surface area contributed by atoms with Gasteiger partial charge in [-0.25, -0.2) is 0 Å². The lowest BCUT2D eigenvalue weighted by atomic mass is 10.1. The van der Waals surface area contributed by atoms with E-state index in [2.05, 4.69) is 15.1 Å². The van der Waals surface area contributed by atoms with Crippen LogP contribution in [0.5, 0.6) is 5.75 Å². The van der Waals surface area contributed by atoms with Gasteiger partial charge in [0.25, 0.3) is 5.89 Å². The minimum absolute atomic E-state index is 0.223. The molecule has 3 aromatic rings. The molecule has 0 aliphatic heterocycles. The first-order valence-corrected chi connectivity index (χ1v) is 5.51. The van der Waals surface area contributed by atoms with E-state index in [1.165, 1.54) is 0 Å². The summed E-state index contributed by atoms with van der Waals surface area (Å²) in [6.45, 7) is 1.88. The van der Waals surface area contributed by atoms with Crippen LogP contribution >= 0.6 is 0 Å². The highest BCUT2D eigenvalue weighted by Crippen LogP contribution is 2.26. The van der Waals surface area contributed by atoms with Crippen LogP contribution in [0.2, 0.25) is 0 Å². The van der Waals surface area contributed by atoms with Crippen LogP contribution in [-0.2, 0) is 0 Å². The van der Waals surface area contributed by atoms with Crippen molar-refractivity contribution < 1.29 is 9.63 Å². The molecule has 5 heteroatoms. The SMILES string of the molecule is Cc1cc(O)ccc1-c1nc(-c2ccc[nH]2)no1. The van der Waals surface area contributed by atoms with Crippen LogP contribution in [0.3, 0.4) is 0 Å². The maximum atomic E-state index is 9.37. The maximum absolute atomic E-state index is 9.37. The third-order valence-electron chi connectivity index (χ3n) is 2.71. The first kappa shape index (κ1) is 10.6. The van der Waals surface area contributed by atoms with Gasteiger partial charge in [-0.1, -0.05) is 5.16 Å². The number of aryl methyl sites for hydroxylation is 1. The lowest BCUT2D eigenvalue weighted by Crippen LogP contribution is -1.84. The van der Waals surface area contributed by atoms with Crippen molar-refractivity contribution in [3.63, 3.8) is 0 Å². The molecule has 0 aliphatic rings. The van der Waals surface area contributed by atoms with E-state index >= 15 is 0 Å². The molecule has 3 rings (SSSR count). The predicted molar refractivity (Wildman–Crippen MR) is 65.9 cm³/mol. The molecule has 0 saturated heterocycles. The normalized spacial score (nSPS) is 10.7. The Bertz CT molecular complexity index is 671. The van der Waals surface area contributed by atoms with Crippen LogP contribution in [0, 0.1) is 6.92 Å². The zero-order chi connectivity index (χ0) is 12.5. The number of aromatic nitrogens is 3. The number of hydrogen-bond donors (Lipinski definition) is 2. The summed E-state index contributed by atoms with van der Waals surface area (Å²) in [7, 11) is 0. The van der Waals surface area contributed by atoms with Crippen molar-refractivity contribution in [3.8, 4) is 28.7 Å². The van der Waals surface area contributed by atoms with Gasteiger partial charge < -0.3 is 14.6 Å². The van der Waals surface area contributed by atoms with Crippen molar-refractivity contribution in [2.24, 2.45) is 0 Å². The first-order chi connectivity index (χ1) is 8.74. The zero-order valence-corrected chi connectivity index (χ0v) is 9.71. The van der Waals surface area contributed by atoms with Gasteiger partial charge in [-0.05, 0) is 42.8 Å². The van der Waals surface area contributed by atoms with Gasteiger partial charge in [-0.2, -0.15) is 4.98 Å². The van der Waals surface area contributed by atoms with E-state index in [9.17, 15) is 5.11 Å². The second-order valence-electron chi connectivity index (χ2n) is 4.01. The van der Waals surface area contributed by atoms with Crippen molar-refractivity contribution in [2.75, 3.05) is 0 Å². The van der Waals surface area contributed by atoms with Gasteiger partial charge in [0, 0.05) is 11.8 Å². The molecule has 0 amide bonds. The van der Waals surface area contributed by atoms with E-state index < -0.39 is 0 Å². The Morgan fingerprint density at radius 1 is 1.28 bits per heavy atom. The van der Waals surface area contributed by atoms with Crippen LogP contribution in [0.15, 0.2) is 41.1 Å². The Morgan fingerprint density at radius 3 is 2.89 bits per heavy atom. The largest absolute Gasteiger partial charge is 0.508 e. The van der Waals surface area contributed by atoms with Gasteiger partial charge >= 0.3 is 0 Å². The number of nitrogens with one attached hydrogen (secondary N) is 1. The van der Waals surface area contributed by atoms with Crippen LogP contribution in [0.4, 0.5) is 0 Å². The van der Waals surface area contributed by atoms with Crippen LogP contribution in [-0.4, -0.2) is 20.2 Å². The molecule has 0 atom stereocenters. The number of H-pyrrole nitrogens is 1. The molecule has 2 N–H and O–H groups in total. The minimum atomic E-state index is 0.223. The third-order valence-corrected chi connectivity index (χ3v) is 2.71. The Balaban J connectivity index is 2.03. The standard InChI is InChI=1S/C13H11N3O2/c1-8-7-9(17)4-5-10(8)13-15-12(16-18-13)11-3-2-6-14-11/h2-7,14,17H,1H3. The number of rotatable bonds is 2. The number of hydrogen-bond acceptors (Lipinski definition) is 4. The third kappa shape index (κ3) is 1.75. The molecule has 0 spiro atoms. The average Bonchev–Trinajstić information content (AvgIpc) is 2.99. The molecular formula is C13H11N3O2. The number of phenols is 1. The minimum Gasteiger partial charge on any atom is -0.508 e. The summed E-state index contributed by atoms with van der Waals surface area (Å²) >= 11 is 0. The van der Waals surface area contributed by atoms with Gasteiger partial charge in [-0.15, -0.1) is 0 Å². The molecule has 0 saturated carbocycles. The molecule has 18 heavy (non-hydrogen) atoms. The summed E-state index contributed by atoms with van der Waals surface area (Å²) in [5.74, 6) is 1.18. The van der Waals surface area contributed by atoms with E-state index in [-0.39, 0.29) is 5.75 Å². The predicted octanol–water partition coefficient (Wildman–Crippen LogP) is 2.75. The lowest BCUT2D eigenvalue weighted by molar-refractivity contribution is 0.431. The van der Waals surface area contributed by atoms with Crippen molar-refractivity contribution in [1.82, 2.24) is 15.1 Å². The highest BCUT2D eigenvalue weighted by Gasteiger charge is 2.13. The van der Waals surface area contributed by atoms with Crippen molar-refractivity contribution in [2.45, 2.75) is 6.92 Å². The van der Waals surface area contributed by atoms with Crippen LogP contribution in [0.1, 0.15) is 5.56 Å². The maximum Gasteiger partial charge on any atom is 0.258 e. The molecular weight excluding hydrogens is 230 g/mol. The fourth-order valence-corrected chi connectivity index (χ4v) is 1.80. The van der Waals surface area contributed by atoms with Crippen molar-refractivity contribution in [3.05, 3.63) is 42.1 Å². The van der Waals surface area contributed by atoms with Gasteiger partial charge in [0.15, 0.2) is 0 Å². The number of nitrogens with zero attached hydrogens (tertiary/aromatic N) is 2. The van der Waals surface area contributed by atoms with Gasteiger partial charge in [0.05, 0.1) is 5.69 Å². The molecule has 0 fully saturated rings. The molecule has 0 unspecified atom stereocenters. The molecule has 0 aliphatic carbocycles. The molecule has 2 aromatic heterocycles. The van der Waals surface area contributed by atoms with E-state index in [0.717, 1.165) is 16.8 Å². The number of aromatic amines is 1. The quantitative estimate of drug-likeness (QED) is 0.723. The van der Waals surface area contributed by atoms with E-state index in [1.54, 1.807) is 24.4 Å². The van der Waals surface area contributed by atoms with Gasteiger partial charge in [0.2, 0.25) is 5.82 Å². The average molecular weight is 241 g/mol. The summed E-state index contributed by atoms with van der Waals surface area (Å²) in [6.07, 6.45) is 1.80. The molecule has 1 aromatic carbocycles. The number of phenolic OH excluding ortho intramolecular Hbond substituents is 1. The summed E-state index contributed by atoms with van der Waals surface area (Å²) in [4.78, 5) is 7.34. The van der Waals surface area contributed by atoms with Crippen molar-refractivity contribution >= 4 is 0 Å². The summed E-state index contributed by atoms with van der Waals surface area (Å²) < 4.78 is 5.23. The second-order valence-corrected chi connectivity index (χ2v) is 4.01. The Kier molecular flexibility index (Phi) is 2.37. The first-order valence-electron chi connectivity index (χ1n) is 5.51. The Morgan fingerprint density at radius 2 is 2.17 bits per heavy atom. The molecule has 0 radical (unpaired) electrons. The number of benzene rings is 1.